The molecular weight excluding hydrogens is 418 g/mol. The summed E-state index contributed by atoms with van der Waals surface area (Å²) in [6.07, 6.45) is 5.42. The predicted octanol–water partition coefficient (Wildman–Crippen LogP) is 3.20. The number of anilines is 2. The number of carbonyl (C=O) groups is 2. The molecule has 0 fully saturated rings. The summed E-state index contributed by atoms with van der Waals surface area (Å²) in [5.41, 5.74) is 10.5. The average molecular weight is 441 g/mol. The molecule has 0 radical (unpaired) electrons. The Morgan fingerprint density at radius 1 is 1.06 bits per heavy atom. The molecule has 0 unspecified atom stereocenters. The van der Waals surface area contributed by atoms with E-state index in [1.54, 1.807) is 12.1 Å². The monoisotopic (exact) mass is 441 g/mol. The average Bonchev–Trinajstić information content (AvgIpc) is 3.27. The molecule has 1 aliphatic rings. The van der Waals surface area contributed by atoms with Crippen LogP contribution in [0.5, 0.6) is 0 Å². The fourth-order valence-electron chi connectivity index (χ4n) is 4.23. The number of aryl methyl sites for hydroxylation is 1. The SMILES string of the molecule is NC(=O)c1cccc2c(NCc3cccc(NC(=O)c4n[nH]c5c4CCCC5)c3)ncnc12. The largest absolute Gasteiger partial charge is 0.366 e. The zero-order valence-corrected chi connectivity index (χ0v) is 17.9. The molecule has 2 aromatic heterocycles. The molecule has 0 spiro atoms. The second-order valence-corrected chi connectivity index (χ2v) is 8.03. The van der Waals surface area contributed by atoms with Crippen molar-refractivity contribution in [1.82, 2.24) is 20.2 Å². The number of hydrogen-bond acceptors (Lipinski definition) is 6. The van der Waals surface area contributed by atoms with E-state index in [9.17, 15) is 9.59 Å². The molecule has 1 aliphatic carbocycles. The standard InChI is InChI=1S/C24H23N7O2/c25-22(32)17-8-4-9-18-20(17)27-13-28-23(18)26-12-14-5-3-6-15(11-14)29-24(33)21-16-7-1-2-10-19(16)30-31-21/h3-6,8-9,11,13H,1-2,7,10,12H2,(H2,25,32)(H,29,33)(H,30,31)(H,26,27,28). The smallest absolute Gasteiger partial charge is 0.276 e. The first-order chi connectivity index (χ1) is 16.1. The van der Waals surface area contributed by atoms with Crippen molar-refractivity contribution >= 4 is 34.2 Å². The van der Waals surface area contributed by atoms with E-state index in [4.69, 9.17) is 5.73 Å². The highest BCUT2D eigenvalue weighted by Crippen LogP contribution is 2.24. The summed E-state index contributed by atoms with van der Waals surface area (Å²) in [6, 6.07) is 12.8. The highest BCUT2D eigenvalue weighted by Gasteiger charge is 2.21. The highest BCUT2D eigenvalue weighted by molar-refractivity contribution is 6.07. The fourth-order valence-corrected chi connectivity index (χ4v) is 4.23. The molecule has 2 amide bonds. The molecule has 9 heteroatoms. The number of carbonyl (C=O) groups excluding carboxylic acids is 2. The first kappa shape index (κ1) is 20.6. The maximum atomic E-state index is 12.8. The Kier molecular flexibility index (Phi) is 5.43. The van der Waals surface area contributed by atoms with E-state index in [0.29, 0.717) is 40.2 Å². The van der Waals surface area contributed by atoms with E-state index in [1.165, 1.54) is 6.33 Å². The van der Waals surface area contributed by atoms with Crippen molar-refractivity contribution in [2.24, 2.45) is 5.73 Å². The molecule has 5 rings (SSSR count). The van der Waals surface area contributed by atoms with E-state index >= 15 is 0 Å². The van der Waals surface area contributed by atoms with Crippen LogP contribution in [0.25, 0.3) is 10.9 Å². The molecule has 2 heterocycles. The third-order valence-corrected chi connectivity index (χ3v) is 5.85. The molecule has 0 saturated carbocycles. The van der Waals surface area contributed by atoms with Crippen molar-refractivity contribution in [3.63, 3.8) is 0 Å². The zero-order valence-electron chi connectivity index (χ0n) is 17.9. The number of nitrogens with two attached hydrogens (primary N) is 1. The number of aromatic nitrogens is 4. The number of rotatable bonds is 6. The van der Waals surface area contributed by atoms with Crippen molar-refractivity contribution < 1.29 is 9.59 Å². The number of aromatic amines is 1. The normalized spacial score (nSPS) is 12.8. The second-order valence-electron chi connectivity index (χ2n) is 8.03. The van der Waals surface area contributed by atoms with Gasteiger partial charge in [0.05, 0.1) is 11.1 Å². The Labute approximate surface area is 189 Å². The molecule has 9 nitrogen and oxygen atoms in total. The van der Waals surface area contributed by atoms with Crippen LogP contribution < -0.4 is 16.4 Å². The van der Waals surface area contributed by atoms with Gasteiger partial charge in [-0.15, -0.1) is 0 Å². The van der Waals surface area contributed by atoms with Gasteiger partial charge in [-0.05, 0) is 55.5 Å². The van der Waals surface area contributed by atoms with E-state index in [1.807, 2.05) is 30.3 Å². The van der Waals surface area contributed by atoms with Gasteiger partial charge >= 0.3 is 0 Å². The lowest BCUT2D eigenvalue weighted by molar-refractivity contribution is 0.0998. The number of fused-ring (bicyclic) bond motifs is 2. The van der Waals surface area contributed by atoms with E-state index in [-0.39, 0.29) is 5.91 Å². The molecule has 0 atom stereocenters. The molecule has 33 heavy (non-hydrogen) atoms. The van der Waals surface area contributed by atoms with Gasteiger partial charge in [-0.25, -0.2) is 9.97 Å². The lowest BCUT2D eigenvalue weighted by atomic mass is 9.96. The van der Waals surface area contributed by atoms with Crippen LogP contribution >= 0.6 is 0 Å². The number of primary amides is 1. The Hall–Kier alpha value is -4.27. The minimum Gasteiger partial charge on any atom is -0.366 e. The number of H-pyrrole nitrogens is 1. The molecule has 2 aromatic carbocycles. The van der Waals surface area contributed by atoms with Crippen LogP contribution in [0.4, 0.5) is 11.5 Å². The Morgan fingerprint density at radius 3 is 2.79 bits per heavy atom. The third-order valence-electron chi connectivity index (χ3n) is 5.85. The first-order valence-electron chi connectivity index (χ1n) is 10.8. The summed E-state index contributed by atoms with van der Waals surface area (Å²) in [5, 5.41) is 14.2. The van der Waals surface area contributed by atoms with E-state index < -0.39 is 5.91 Å². The maximum Gasteiger partial charge on any atom is 0.276 e. The summed E-state index contributed by atoms with van der Waals surface area (Å²) in [6.45, 7) is 0.467. The van der Waals surface area contributed by atoms with Crippen LogP contribution in [0, 0.1) is 0 Å². The van der Waals surface area contributed by atoms with Crippen LogP contribution in [0.2, 0.25) is 0 Å². The van der Waals surface area contributed by atoms with Crippen molar-refractivity contribution in [2.75, 3.05) is 10.6 Å². The van der Waals surface area contributed by atoms with Gasteiger partial charge in [-0.1, -0.05) is 18.2 Å². The third kappa shape index (κ3) is 4.12. The quantitative estimate of drug-likeness (QED) is 0.362. The van der Waals surface area contributed by atoms with E-state index in [2.05, 4.69) is 30.8 Å². The number of hydrogen-bond donors (Lipinski definition) is 4. The molecule has 0 saturated heterocycles. The Bertz CT molecular complexity index is 1360. The Balaban J connectivity index is 1.32. The van der Waals surface area contributed by atoms with Crippen molar-refractivity contribution in [3.05, 3.63) is 76.9 Å². The van der Waals surface area contributed by atoms with Gasteiger partial charge in [0.1, 0.15) is 12.1 Å². The van der Waals surface area contributed by atoms with Gasteiger partial charge in [-0.3, -0.25) is 14.7 Å². The molecule has 0 bridgehead atoms. The van der Waals surface area contributed by atoms with Crippen molar-refractivity contribution in [1.29, 1.82) is 0 Å². The first-order valence-corrected chi connectivity index (χ1v) is 10.8. The van der Waals surface area contributed by atoms with Crippen molar-refractivity contribution in [2.45, 2.75) is 32.2 Å². The van der Waals surface area contributed by atoms with Crippen LogP contribution in [-0.2, 0) is 19.4 Å². The van der Waals surface area contributed by atoms with Gasteiger partial charge in [-0.2, -0.15) is 5.10 Å². The van der Waals surface area contributed by atoms with Gasteiger partial charge in [0.2, 0.25) is 0 Å². The minimum absolute atomic E-state index is 0.208. The van der Waals surface area contributed by atoms with Crippen LogP contribution in [0.3, 0.4) is 0 Å². The molecule has 0 aliphatic heterocycles. The van der Waals surface area contributed by atoms with Gasteiger partial charge in [0.25, 0.3) is 11.8 Å². The number of para-hydroxylation sites is 1. The minimum atomic E-state index is -0.535. The number of benzene rings is 2. The lowest BCUT2D eigenvalue weighted by Crippen LogP contribution is -2.16. The molecular formula is C24H23N7O2. The fraction of sp³-hybridized carbons (Fsp3) is 0.208. The maximum absolute atomic E-state index is 12.8. The Morgan fingerprint density at radius 2 is 1.91 bits per heavy atom. The molecule has 5 N–H and O–H groups in total. The zero-order chi connectivity index (χ0) is 22.8. The predicted molar refractivity (Wildman–Crippen MR) is 125 cm³/mol. The second kappa shape index (κ2) is 8.70. The van der Waals surface area contributed by atoms with Gasteiger partial charge < -0.3 is 16.4 Å². The summed E-state index contributed by atoms with van der Waals surface area (Å²) in [5.74, 6) is -0.146. The number of amides is 2. The summed E-state index contributed by atoms with van der Waals surface area (Å²) in [4.78, 5) is 33.0. The molecule has 166 valence electrons. The van der Waals surface area contributed by atoms with E-state index in [0.717, 1.165) is 42.5 Å². The van der Waals surface area contributed by atoms with Crippen molar-refractivity contribution in [3.8, 4) is 0 Å². The van der Waals surface area contributed by atoms with Gasteiger partial charge in [0, 0.05) is 28.9 Å². The summed E-state index contributed by atoms with van der Waals surface area (Å²) < 4.78 is 0. The number of nitrogens with one attached hydrogen (secondary N) is 3. The molecule has 4 aromatic rings. The number of nitrogens with zero attached hydrogens (tertiary/aromatic N) is 3. The lowest BCUT2D eigenvalue weighted by Gasteiger charge is -2.12. The summed E-state index contributed by atoms with van der Waals surface area (Å²) in [7, 11) is 0. The van der Waals surface area contributed by atoms with Crippen LogP contribution in [0.15, 0.2) is 48.8 Å². The topological polar surface area (TPSA) is 139 Å². The van der Waals surface area contributed by atoms with Crippen LogP contribution in [-0.4, -0.2) is 32.0 Å². The summed E-state index contributed by atoms with van der Waals surface area (Å²) >= 11 is 0. The van der Waals surface area contributed by atoms with Crippen LogP contribution in [0.1, 0.15) is 50.5 Å². The van der Waals surface area contributed by atoms with Gasteiger partial charge in [0.15, 0.2) is 5.69 Å². The highest BCUT2D eigenvalue weighted by atomic mass is 16.2.